The minimum absolute atomic E-state index is 0.321. The summed E-state index contributed by atoms with van der Waals surface area (Å²) in [6.07, 6.45) is 2.93. The van der Waals surface area contributed by atoms with E-state index in [1.54, 1.807) is 0 Å². The molecular weight excluding hydrogens is 216 g/mol. The molecule has 0 radical (unpaired) electrons. The summed E-state index contributed by atoms with van der Waals surface area (Å²) in [5.74, 6) is 0. The van der Waals surface area contributed by atoms with Crippen LogP contribution in [0.25, 0.3) is 0 Å². The number of thiophene rings is 1. The van der Waals surface area contributed by atoms with Crippen LogP contribution in [-0.4, -0.2) is 11.5 Å². The van der Waals surface area contributed by atoms with Crippen LogP contribution in [-0.2, 0) is 6.42 Å². The van der Waals surface area contributed by atoms with Crippen molar-refractivity contribution in [2.75, 3.05) is 6.54 Å². The van der Waals surface area contributed by atoms with Crippen LogP contribution in [0.4, 0.5) is 0 Å². The minimum Gasteiger partial charge on any atom is -0.308 e. The first kappa shape index (κ1) is 11.3. The second kappa shape index (κ2) is 5.77. The molecule has 1 atom stereocenters. The Morgan fingerprint density at radius 3 is 2.94 bits per heavy atom. The van der Waals surface area contributed by atoms with E-state index < -0.39 is 0 Å². The van der Waals surface area contributed by atoms with Crippen LogP contribution in [0.15, 0.2) is 41.9 Å². The van der Waals surface area contributed by atoms with E-state index in [1.807, 2.05) is 29.7 Å². The van der Waals surface area contributed by atoms with E-state index in [4.69, 9.17) is 0 Å². The third-order valence-electron chi connectivity index (χ3n) is 2.53. The molecule has 1 N–H and O–H groups in total. The van der Waals surface area contributed by atoms with Gasteiger partial charge >= 0.3 is 0 Å². The molecule has 0 aromatic carbocycles. The minimum atomic E-state index is 0.321. The molecule has 0 bridgehead atoms. The fourth-order valence-corrected chi connectivity index (χ4v) is 2.31. The van der Waals surface area contributed by atoms with Gasteiger partial charge in [0.1, 0.15) is 0 Å². The lowest BCUT2D eigenvalue weighted by molar-refractivity contribution is 0.566. The van der Waals surface area contributed by atoms with Crippen molar-refractivity contribution in [3.8, 4) is 0 Å². The smallest absolute Gasteiger partial charge is 0.0570 e. The number of nitrogens with zero attached hydrogens (tertiary/aromatic N) is 1. The SMILES string of the molecule is CC(NCCc1cccs1)c1ccccn1. The van der Waals surface area contributed by atoms with Crippen molar-refractivity contribution < 1.29 is 0 Å². The zero-order valence-electron chi connectivity index (χ0n) is 9.39. The Morgan fingerprint density at radius 1 is 1.31 bits per heavy atom. The van der Waals surface area contributed by atoms with Gasteiger partial charge in [-0.25, -0.2) is 0 Å². The first-order valence-corrected chi connectivity index (χ1v) is 6.41. The molecule has 2 nitrogen and oxygen atoms in total. The Bertz CT molecular complexity index is 397. The maximum atomic E-state index is 4.33. The van der Waals surface area contributed by atoms with Gasteiger partial charge in [0.2, 0.25) is 0 Å². The van der Waals surface area contributed by atoms with Crippen LogP contribution < -0.4 is 5.32 Å². The predicted octanol–water partition coefficient (Wildman–Crippen LogP) is 3.04. The van der Waals surface area contributed by atoms with E-state index in [0.717, 1.165) is 18.7 Å². The Hall–Kier alpha value is -1.19. The van der Waals surface area contributed by atoms with Gasteiger partial charge in [0.15, 0.2) is 0 Å². The summed E-state index contributed by atoms with van der Waals surface area (Å²) < 4.78 is 0. The molecule has 16 heavy (non-hydrogen) atoms. The third-order valence-corrected chi connectivity index (χ3v) is 3.47. The highest BCUT2D eigenvalue weighted by molar-refractivity contribution is 7.09. The van der Waals surface area contributed by atoms with Gasteiger partial charge in [-0.1, -0.05) is 12.1 Å². The second-order valence-corrected chi connectivity index (χ2v) is 4.79. The Labute approximate surface area is 100 Å². The van der Waals surface area contributed by atoms with Crippen molar-refractivity contribution in [2.24, 2.45) is 0 Å². The maximum Gasteiger partial charge on any atom is 0.0570 e. The topological polar surface area (TPSA) is 24.9 Å². The molecule has 0 spiro atoms. The van der Waals surface area contributed by atoms with Crippen LogP contribution in [0.2, 0.25) is 0 Å². The van der Waals surface area contributed by atoms with Crippen molar-refractivity contribution in [3.05, 3.63) is 52.5 Å². The van der Waals surface area contributed by atoms with E-state index in [9.17, 15) is 0 Å². The third kappa shape index (κ3) is 3.15. The fourth-order valence-electron chi connectivity index (χ4n) is 1.60. The first-order valence-electron chi connectivity index (χ1n) is 5.53. The lowest BCUT2D eigenvalue weighted by Gasteiger charge is -2.12. The van der Waals surface area contributed by atoms with Gasteiger partial charge in [-0.2, -0.15) is 0 Å². The van der Waals surface area contributed by atoms with E-state index in [-0.39, 0.29) is 0 Å². The zero-order chi connectivity index (χ0) is 11.2. The van der Waals surface area contributed by atoms with Gasteiger partial charge in [0.05, 0.1) is 5.69 Å². The number of rotatable bonds is 5. The average Bonchev–Trinajstić information content (AvgIpc) is 2.83. The van der Waals surface area contributed by atoms with Crippen LogP contribution in [0.1, 0.15) is 23.5 Å². The van der Waals surface area contributed by atoms with Crippen LogP contribution in [0.5, 0.6) is 0 Å². The second-order valence-electron chi connectivity index (χ2n) is 3.76. The molecule has 0 saturated carbocycles. The van der Waals surface area contributed by atoms with E-state index in [1.165, 1.54) is 4.88 Å². The van der Waals surface area contributed by atoms with Gasteiger partial charge in [-0.05, 0) is 36.9 Å². The molecule has 0 fully saturated rings. The van der Waals surface area contributed by atoms with Gasteiger partial charge in [0, 0.05) is 23.7 Å². The Kier molecular flexibility index (Phi) is 4.08. The summed E-state index contributed by atoms with van der Waals surface area (Å²) in [7, 11) is 0. The Morgan fingerprint density at radius 2 is 2.25 bits per heavy atom. The van der Waals surface area contributed by atoms with Gasteiger partial charge in [-0.15, -0.1) is 11.3 Å². The molecule has 2 aromatic rings. The highest BCUT2D eigenvalue weighted by Crippen LogP contribution is 2.10. The number of aromatic nitrogens is 1. The molecule has 2 heterocycles. The van der Waals surface area contributed by atoms with Crippen molar-refractivity contribution in [3.63, 3.8) is 0 Å². The molecule has 0 aliphatic rings. The van der Waals surface area contributed by atoms with Gasteiger partial charge in [-0.3, -0.25) is 4.98 Å². The van der Waals surface area contributed by atoms with Crippen LogP contribution >= 0.6 is 11.3 Å². The van der Waals surface area contributed by atoms with E-state index in [0.29, 0.717) is 6.04 Å². The van der Waals surface area contributed by atoms with Crippen LogP contribution in [0.3, 0.4) is 0 Å². The molecule has 2 aromatic heterocycles. The van der Waals surface area contributed by atoms with Crippen molar-refractivity contribution in [2.45, 2.75) is 19.4 Å². The monoisotopic (exact) mass is 232 g/mol. The zero-order valence-corrected chi connectivity index (χ0v) is 10.2. The highest BCUT2D eigenvalue weighted by atomic mass is 32.1. The number of nitrogens with one attached hydrogen (secondary N) is 1. The van der Waals surface area contributed by atoms with Crippen LogP contribution in [0, 0.1) is 0 Å². The normalized spacial score (nSPS) is 12.6. The van der Waals surface area contributed by atoms with E-state index in [2.05, 4.69) is 40.8 Å². The standard InChI is InChI=1S/C13H16N2S/c1-11(13-6-2-3-8-15-13)14-9-7-12-5-4-10-16-12/h2-6,8,10-11,14H,7,9H2,1H3. The highest BCUT2D eigenvalue weighted by Gasteiger charge is 2.04. The van der Waals surface area contributed by atoms with Crippen molar-refractivity contribution in [1.82, 2.24) is 10.3 Å². The molecule has 0 amide bonds. The maximum absolute atomic E-state index is 4.33. The summed E-state index contributed by atoms with van der Waals surface area (Å²) in [6, 6.07) is 10.6. The lowest BCUT2D eigenvalue weighted by atomic mass is 10.2. The average molecular weight is 232 g/mol. The Balaban J connectivity index is 1.78. The van der Waals surface area contributed by atoms with Gasteiger partial charge < -0.3 is 5.32 Å². The van der Waals surface area contributed by atoms with Crippen molar-refractivity contribution in [1.29, 1.82) is 0 Å². The molecule has 1 unspecified atom stereocenters. The molecule has 0 aliphatic heterocycles. The quantitative estimate of drug-likeness (QED) is 0.857. The summed E-state index contributed by atoms with van der Waals surface area (Å²) in [6.45, 7) is 3.15. The lowest BCUT2D eigenvalue weighted by Crippen LogP contribution is -2.21. The summed E-state index contributed by atoms with van der Waals surface area (Å²) in [5.41, 5.74) is 1.11. The predicted molar refractivity (Wildman–Crippen MR) is 68.7 cm³/mol. The number of hydrogen-bond acceptors (Lipinski definition) is 3. The summed E-state index contributed by atoms with van der Waals surface area (Å²) in [4.78, 5) is 5.77. The molecule has 3 heteroatoms. The fraction of sp³-hybridized carbons (Fsp3) is 0.308. The summed E-state index contributed by atoms with van der Waals surface area (Å²) in [5, 5.41) is 5.60. The molecular formula is C13H16N2S. The molecule has 0 aliphatic carbocycles. The molecule has 2 rings (SSSR count). The van der Waals surface area contributed by atoms with Gasteiger partial charge in [0.25, 0.3) is 0 Å². The van der Waals surface area contributed by atoms with Crippen molar-refractivity contribution >= 4 is 11.3 Å². The number of hydrogen-bond donors (Lipinski definition) is 1. The van der Waals surface area contributed by atoms with E-state index >= 15 is 0 Å². The number of pyridine rings is 1. The largest absolute Gasteiger partial charge is 0.308 e. The molecule has 0 saturated heterocycles. The molecule has 84 valence electrons. The first-order chi connectivity index (χ1) is 7.86. The summed E-state index contributed by atoms with van der Waals surface area (Å²) >= 11 is 1.81.